The van der Waals surface area contributed by atoms with E-state index in [0.717, 1.165) is 25.7 Å². The average molecular weight is 244 g/mol. The maximum atomic E-state index is 11.9. The minimum absolute atomic E-state index is 0.0927. The van der Waals surface area contributed by atoms with Gasteiger partial charge in [0.1, 0.15) is 0 Å². The number of hydrogen-bond acceptors (Lipinski definition) is 2. The summed E-state index contributed by atoms with van der Waals surface area (Å²) in [6, 6.07) is 9.31. The van der Waals surface area contributed by atoms with E-state index < -0.39 is 0 Å². The van der Waals surface area contributed by atoms with Crippen LogP contribution in [0.3, 0.4) is 0 Å². The number of amides is 1. The largest absolute Gasteiger partial charge is 0.352 e. The lowest BCUT2D eigenvalue weighted by molar-refractivity contribution is -0.123. The summed E-state index contributed by atoms with van der Waals surface area (Å²) in [5.41, 5.74) is 2.84. The Morgan fingerprint density at radius 2 is 1.78 bits per heavy atom. The first-order valence-electron chi connectivity index (χ1n) is 6.85. The van der Waals surface area contributed by atoms with Gasteiger partial charge >= 0.3 is 0 Å². The Bertz CT molecular complexity index is 429. The van der Waals surface area contributed by atoms with Crippen molar-refractivity contribution in [2.75, 3.05) is 0 Å². The fourth-order valence-electron chi connectivity index (χ4n) is 2.66. The van der Waals surface area contributed by atoms with Crippen molar-refractivity contribution in [3.63, 3.8) is 0 Å². The van der Waals surface area contributed by atoms with Gasteiger partial charge in [-0.1, -0.05) is 24.3 Å². The van der Waals surface area contributed by atoms with E-state index in [0.29, 0.717) is 12.1 Å². The van der Waals surface area contributed by atoms with E-state index in [-0.39, 0.29) is 11.9 Å². The van der Waals surface area contributed by atoms with Crippen LogP contribution in [0.1, 0.15) is 30.9 Å². The molecular weight excluding hydrogens is 224 g/mol. The number of fused-ring (bicyclic) bond motifs is 1. The Balaban J connectivity index is 1.53. The second-order valence-corrected chi connectivity index (χ2v) is 5.55. The Labute approximate surface area is 108 Å². The Morgan fingerprint density at radius 1 is 1.17 bits per heavy atom. The van der Waals surface area contributed by atoms with E-state index in [1.165, 1.54) is 11.1 Å². The van der Waals surface area contributed by atoms with Crippen molar-refractivity contribution in [2.45, 2.75) is 50.7 Å². The molecule has 3 heteroatoms. The van der Waals surface area contributed by atoms with E-state index >= 15 is 0 Å². The predicted octanol–water partition coefficient (Wildman–Crippen LogP) is 1.41. The highest BCUT2D eigenvalue weighted by atomic mass is 16.2. The zero-order valence-corrected chi connectivity index (χ0v) is 10.8. The summed E-state index contributed by atoms with van der Waals surface area (Å²) >= 11 is 0. The number of nitrogens with one attached hydrogen (secondary N) is 2. The van der Waals surface area contributed by atoms with Crippen LogP contribution in [0.25, 0.3) is 0 Å². The Kier molecular flexibility index (Phi) is 3.08. The molecule has 3 nitrogen and oxygen atoms in total. The lowest BCUT2D eigenvalue weighted by Crippen LogP contribution is -2.47. The summed E-state index contributed by atoms with van der Waals surface area (Å²) in [4.78, 5) is 11.9. The summed E-state index contributed by atoms with van der Waals surface area (Å²) < 4.78 is 0. The van der Waals surface area contributed by atoms with Crippen molar-refractivity contribution in [3.05, 3.63) is 35.4 Å². The highest BCUT2D eigenvalue weighted by Gasteiger charge is 2.28. The zero-order valence-electron chi connectivity index (χ0n) is 10.8. The first-order valence-corrected chi connectivity index (χ1v) is 6.85. The molecule has 0 aromatic heterocycles. The topological polar surface area (TPSA) is 41.1 Å². The Morgan fingerprint density at radius 3 is 2.33 bits per heavy atom. The molecule has 0 bridgehead atoms. The number of benzene rings is 1. The molecule has 0 spiro atoms. The molecule has 1 amide bonds. The van der Waals surface area contributed by atoms with Crippen LogP contribution in [0.5, 0.6) is 0 Å². The number of carbonyl (C=O) groups is 1. The summed E-state index contributed by atoms with van der Waals surface area (Å²) in [6.45, 7) is 1.96. The van der Waals surface area contributed by atoms with Crippen molar-refractivity contribution in [1.29, 1.82) is 0 Å². The van der Waals surface area contributed by atoms with Crippen LogP contribution in [0.4, 0.5) is 0 Å². The van der Waals surface area contributed by atoms with Crippen molar-refractivity contribution < 1.29 is 4.79 Å². The van der Waals surface area contributed by atoms with Gasteiger partial charge in [0.25, 0.3) is 0 Å². The smallest absolute Gasteiger partial charge is 0.237 e. The molecule has 2 N–H and O–H groups in total. The third kappa shape index (κ3) is 2.56. The van der Waals surface area contributed by atoms with Gasteiger partial charge in [-0.15, -0.1) is 0 Å². The van der Waals surface area contributed by atoms with Crippen molar-refractivity contribution in [2.24, 2.45) is 0 Å². The third-order valence-corrected chi connectivity index (χ3v) is 3.85. The van der Waals surface area contributed by atoms with E-state index in [2.05, 4.69) is 34.9 Å². The zero-order chi connectivity index (χ0) is 12.5. The van der Waals surface area contributed by atoms with Crippen LogP contribution in [0.15, 0.2) is 24.3 Å². The highest BCUT2D eigenvalue weighted by molar-refractivity contribution is 5.81. The van der Waals surface area contributed by atoms with Crippen LogP contribution in [0, 0.1) is 0 Å². The van der Waals surface area contributed by atoms with E-state index in [9.17, 15) is 4.79 Å². The molecule has 1 atom stereocenters. The quantitative estimate of drug-likeness (QED) is 0.841. The molecule has 1 unspecified atom stereocenters. The molecule has 2 aliphatic carbocycles. The lowest BCUT2D eigenvalue weighted by atomic mass is 10.1. The van der Waals surface area contributed by atoms with Crippen LogP contribution in [-0.4, -0.2) is 24.0 Å². The standard InChI is InChI=1S/C15H20N2O/c1-10(15(18)17-13-6-7-13)16-14-8-11-4-2-3-5-12(11)9-14/h2-5,10,13-14,16H,6-9H2,1H3,(H,17,18). The van der Waals surface area contributed by atoms with E-state index in [1.807, 2.05) is 6.92 Å². The average Bonchev–Trinajstić information content (AvgIpc) is 3.07. The first kappa shape index (κ1) is 11.7. The molecule has 1 aromatic carbocycles. The third-order valence-electron chi connectivity index (χ3n) is 3.85. The normalized spacial score (nSPS) is 20.5. The molecule has 3 rings (SSSR count). The molecule has 2 aliphatic rings. The van der Waals surface area contributed by atoms with E-state index in [1.54, 1.807) is 0 Å². The molecule has 0 heterocycles. The number of hydrogen-bond donors (Lipinski definition) is 2. The van der Waals surface area contributed by atoms with Gasteiger partial charge in [0, 0.05) is 12.1 Å². The van der Waals surface area contributed by atoms with Gasteiger partial charge in [0.2, 0.25) is 5.91 Å². The maximum absolute atomic E-state index is 11.9. The first-order chi connectivity index (χ1) is 8.72. The molecule has 0 saturated heterocycles. The second-order valence-electron chi connectivity index (χ2n) is 5.55. The van der Waals surface area contributed by atoms with Crippen LogP contribution < -0.4 is 10.6 Å². The van der Waals surface area contributed by atoms with Crippen LogP contribution >= 0.6 is 0 Å². The molecule has 0 radical (unpaired) electrons. The maximum Gasteiger partial charge on any atom is 0.237 e. The fourth-order valence-corrected chi connectivity index (χ4v) is 2.66. The summed E-state index contributed by atoms with van der Waals surface area (Å²) in [6.07, 6.45) is 4.37. The molecular formula is C15H20N2O. The SMILES string of the molecule is CC(NC1Cc2ccccc2C1)C(=O)NC1CC1. The predicted molar refractivity (Wildman–Crippen MR) is 71.4 cm³/mol. The molecule has 1 aromatic rings. The van der Waals surface area contributed by atoms with Gasteiger partial charge < -0.3 is 10.6 Å². The van der Waals surface area contributed by atoms with Crippen LogP contribution in [0.2, 0.25) is 0 Å². The molecule has 18 heavy (non-hydrogen) atoms. The molecule has 1 saturated carbocycles. The van der Waals surface area contributed by atoms with Gasteiger partial charge in [0.05, 0.1) is 6.04 Å². The van der Waals surface area contributed by atoms with Crippen LogP contribution in [-0.2, 0) is 17.6 Å². The van der Waals surface area contributed by atoms with Gasteiger partial charge in [0.15, 0.2) is 0 Å². The number of rotatable bonds is 4. The summed E-state index contributed by atoms with van der Waals surface area (Å²) in [7, 11) is 0. The fraction of sp³-hybridized carbons (Fsp3) is 0.533. The molecule has 1 fully saturated rings. The van der Waals surface area contributed by atoms with Crippen molar-refractivity contribution in [3.8, 4) is 0 Å². The highest BCUT2D eigenvalue weighted by Crippen LogP contribution is 2.22. The summed E-state index contributed by atoms with van der Waals surface area (Å²) in [5.74, 6) is 0.147. The minimum atomic E-state index is -0.0927. The van der Waals surface area contributed by atoms with Crippen molar-refractivity contribution >= 4 is 5.91 Å². The second kappa shape index (κ2) is 4.73. The van der Waals surface area contributed by atoms with Crippen molar-refractivity contribution in [1.82, 2.24) is 10.6 Å². The van der Waals surface area contributed by atoms with Gasteiger partial charge in [-0.25, -0.2) is 0 Å². The lowest BCUT2D eigenvalue weighted by Gasteiger charge is -2.18. The number of carbonyl (C=O) groups excluding carboxylic acids is 1. The van der Waals surface area contributed by atoms with E-state index in [4.69, 9.17) is 0 Å². The Hall–Kier alpha value is -1.35. The minimum Gasteiger partial charge on any atom is -0.352 e. The summed E-state index contributed by atoms with van der Waals surface area (Å²) in [5, 5.41) is 6.49. The monoisotopic (exact) mass is 244 g/mol. The molecule has 0 aliphatic heterocycles. The van der Waals surface area contributed by atoms with Gasteiger partial charge in [-0.2, -0.15) is 0 Å². The van der Waals surface area contributed by atoms with Gasteiger partial charge in [-0.05, 0) is 43.7 Å². The molecule has 96 valence electrons. The van der Waals surface area contributed by atoms with Gasteiger partial charge in [-0.3, -0.25) is 4.79 Å².